The zero-order valence-electron chi connectivity index (χ0n) is 19.0. The minimum Gasteiger partial charge on any atom is -0.492 e. The fraction of sp³-hybridized carbons (Fsp3) is 0.667. The van der Waals surface area contributed by atoms with Gasteiger partial charge in [-0.25, -0.2) is 4.57 Å². The number of halogens is 2. The minimum absolute atomic E-state index is 0.0777. The molecule has 0 fully saturated rings. The molecule has 32 heavy (non-hydrogen) atoms. The van der Waals surface area contributed by atoms with E-state index < -0.39 is 19.9 Å². The first-order valence-corrected chi connectivity index (χ1v) is 12.9. The highest BCUT2D eigenvalue weighted by atomic mass is 35.5. The van der Waals surface area contributed by atoms with Crippen molar-refractivity contribution in [1.82, 2.24) is 0 Å². The van der Waals surface area contributed by atoms with E-state index in [1.165, 1.54) is 0 Å². The van der Waals surface area contributed by atoms with Crippen molar-refractivity contribution in [1.29, 1.82) is 0 Å². The lowest BCUT2D eigenvalue weighted by atomic mass is 10.1. The zero-order valence-corrected chi connectivity index (χ0v) is 21.4. The molecule has 11 heteroatoms. The van der Waals surface area contributed by atoms with E-state index in [1.807, 2.05) is 21.1 Å². The first-order chi connectivity index (χ1) is 14.9. The summed E-state index contributed by atoms with van der Waals surface area (Å²) >= 11 is 12.0. The summed E-state index contributed by atoms with van der Waals surface area (Å²) in [6.45, 7) is 0.904. The molecule has 0 aliphatic carbocycles. The molecule has 184 valence electrons. The molecule has 0 aliphatic heterocycles. The average Bonchev–Trinajstić information content (AvgIpc) is 2.63. The number of ether oxygens (including phenoxy) is 1. The summed E-state index contributed by atoms with van der Waals surface area (Å²) in [6.07, 6.45) is 4.02. The molecule has 0 saturated carbocycles. The van der Waals surface area contributed by atoms with Crippen LogP contribution in [0, 0.1) is 0 Å². The smallest absolute Gasteiger partial charge is 0.472 e. The van der Waals surface area contributed by atoms with Crippen molar-refractivity contribution in [2.45, 2.75) is 51.0 Å². The molecule has 0 aromatic heterocycles. The molecule has 0 spiro atoms. The lowest BCUT2D eigenvalue weighted by Gasteiger charge is -2.29. The molecule has 0 amide bonds. The number of likely N-dealkylation sites (N-methyl/N-ethyl adjacent to an activating group) is 1. The van der Waals surface area contributed by atoms with E-state index >= 15 is 0 Å². The Morgan fingerprint density at radius 2 is 1.66 bits per heavy atom. The molecule has 2 atom stereocenters. The van der Waals surface area contributed by atoms with E-state index in [1.54, 1.807) is 18.2 Å². The number of carboxylic acid groups (broad SMARTS) is 1. The van der Waals surface area contributed by atoms with Gasteiger partial charge in [0, 0.05) is 11.1 Å². The van der Waals surface area contributed by atoms with E-state index in [0.717, 1.165) is 32.1 Å². The quantitative estimate of drug-likeness (QED) is 0.163. The van der Waals surface area contributed by atoms with E-state index in [-0.39, 0.29) is 19.6 Å². The number of quaternary nitrogens is 1. The number of nitrogens with zero attached hydrogens (tertiary/aromatic N) is 1. The van der Waals surface area contributed by atoms with Gasteiger partial charge in [0.05, 0.1) is 45.8 Å². The number of benzene rings is 1. The summed E-state index contributed by atoms with van der Waals surface area (Å²) in [6, 6.07) is 5.11. The molecule has 2 unspecified atom stereocenters. The summed E-state index contributed by atoms with van der Waals surface area (Å²) in [5.41, 5.74) is 0. The van der Waals surface area contributed by atoms with Crippen molar-refractivity contribution in [3.63, 3.8) is 0 Å². The third kappa shape index (κ3) is 14.3. The van der Waals surface area contributed by atoms with Gasteiger partial charge in [-0.05, 0) is 25.0 Å². The third-order valence-corrected chi connectivity index (χ3v) is 6.00. The molecule has 0 bridgehead atoms. The van der Waals surface area contributed by atoms with Crippen LogP contribution >= 0.6 is 31.0 Å². The van der Waals surface area contributed by atoms with Crippen LogP contribution < -0.4 is 4.74 Å². The molecular formula is C21H35Cl2NO7P+. The van der Waals surface area contributed by atoms with Gasteiger partial charge in [0.1, 0.15) is 18.4 Å². The normalized spacial score (nSPS) is 14.7. The second kappa shape index (κ2) is 14.4. The van der Waals surface area contributed by atoms with Crippen LogP contribution in [0.2, 0.25) is 10.0 Å². The van der Waals surface area contributed by atoms with Crippen LogP contribution in [0.3, 0.4) is 0 Å². The van der Waals surface area contributed by atoms with Crippen LogP contribution in [0.25, 0.3) is 0 Å². The summed E-state index contributed by atoms with van der Waals surface area (Å²) in [7, 11) is 1.23. The number of carboxylic acids is 1. The zero-order chi connectivity index (χ0) is 24.2. The lowest BCUT2D eigenvalue weighted by Crippen LogP contribution is -2.42. The molecule has 0 heterocycles. The van der Waals surface area contributed by atoms with Crippen LogP contribution in [-0.4, -0.2) is 67.5 Å². The molecule has 1 aromatic carbocycles. The number of unbranched alkanes of at least 4 members (excludes halogenated alkanes) is 5. The lowest BCUT2D eigenvalue weighted by molar-refractivity contribution is -0.873. The van der Waals surface area contributed by atoms with E-state index in [4.69, 9.17) is 42.1 Å². The Morgan fingerprint density at radius 3 is 2.25 bits per heavy atom. The number of phosphoric acid groups is 1. The number of carbonyl (C=O) groups is 1. The maximum Gasteiger partial charge on any atom is 0.472 e. The Hall–Kier alpha value is -0.860. The Bertz CT molecular complexity index is 758. The van der Waals surface area contributed by atoms with Crippen molar-refractivity contribution in [2.24, 2.45) is 0 Å². The van der Waals surface area contributed by atoms with Crippen molar-refractivity contribution < 1.29 is 37.6 Å². The molecule has 2 N–H and O–H groups in total. The largest absolute Gasteiger partial charge is 0.492 e. The van der Waals surface area contributed by atoms with Crippen LogP contribution in [0.1, 0.15) is 44.9 Å². The van der Waals surface area contributed by atoms with E-state index in [2.05, 4.69) is 0 Å². The third-order valence-electron chi connectivity index (χ3n) is 4.38. The maximum atomic E-state index is 12.1. The molecule has 8 nitrogen and oxygen atoms in total. The molecule has 0 radical (unpaired) electrons. The SMILES string of the molecule is C[N+](C)(C)CC(CC(=O)O)OP(=O)(O)OCCCCCCCCOc1cc(Cl)ccc1Cl. The van der Waals surface area contributed by atoms with Gasteiger partial charge in [-0.15, -0.1) is 0 Å². The van der Waals surface area contributed by atoms with Crippen LogP contribution in [0.15, 0.2) is 18.2 Å². The van der Waals surface area contributed by atoms with E-state index in [9.17, 15) is 14.3 Å². The number of hydrogen-bond donors (Lipinski definition) is 2. The van der Waals surface area contributed by atoms with Gasteiger partial charge >= 0.3 is 13.8 Å². The summed E-state index contributed by atoms with van der Waals surface area (Å²) < 4.78 is 28.3. The highest BCUT2D eigenvalue weighted by Gasteiger charge is 2.31. The fourth-order valence-corrected chi connectivity index (χ4v) is 4.29. The van der Waals surface area contributed by atoms with Gasteiger partial charge in [-0.2, -0.15) is 0 Å². The fourth-order valence-electron chi connectivity index (χ4n) is 3.02. The second-order valence-electron chi connectivity index (χ2n) is 8.64. The highest BCUT2D eigenvalue weighted by molar-refractivity contribution is 7.47. The van der Waals surface area contributed by atoms with Crippen molar-refractivity contribution >= 4 is 37.0 Å². The summed E-state index contributed by atoms with van der Waals surface area (Å²) in [5.74, 6) is -0.511. The minimum atomic E-state index is -4.31. The predicted molar refractivity (Wildman–Crippen MR) is 125 cm³/mol. The number of rotatable bonds is 17. The monoisotopic (exact) mass is 514 g/mol. The van der Waals surface area contributed by atoms with Crippen molar-refractivity contribution in [3.05, 3.63) is 28.2 Å². The van der Waals surface area contributed by atoms with Crippen LogP contribution in [-0.2, 0) is 18.4 Å². The molecule has 1 rings (SSSR count). The Balaban J connectivity index is 2.16. The number of hydrogen-bond acceptors (Lipinski definition) is 5. The average molecular weight is 515 g/mol. The Kier molecular flexibility index (Phi) is 13.1. The van der Waals surface area contributed by atoms with E-state index in [0.29, 0.717) is 33.3 Å². The van der Waals surface area contributed by atoms with Crippen LogP contribution in [0.5, 0.6) is 5.75 Å². The van der Waals surface area contributed by atoms with Gasteiger partial charge in [0.15, 0.2) is 0 Å². The van der Waals surface area contributed by atoms with Gasteiger partial charge in [0.25, 0.3) is 0 Å². The molecule has 1 aromatic rings. The summed E-state index contributed by atoms with van der Waals surface area (Å²) in [5, 5.41) is 10.1. The van der Waals surface area contributed by atoms with Gasteiger partial charge in [-0.3, -0.25) is 13.8 Å². The summed E-state index contributed by atoms with van der Waals surface area (Å²) in [4.78, 5) is 20.9. The maximum absolute atomic E-state index is 12.1. The molecule has 0 aliphatic rings. The van der Waals surface area contributed by atoms with Crippen LogP contribution in [0.4, 0.5) is 0 Å². The first-order valence-electron chi connectivity index (χ1n) is 10.6. The number of phosphoric ester groups is 1. The first kappa shape index (κ1) is 29.2. The topological polar surface area (TPSA) is 102 Å². The second-order valence-corrected chi connectivity index (χ2v) is 10.9. The highest BCUT2D eigenvalue weighted by Crippen LogP contribution is 2.45. The van der Waals surface area contributed by atoms with Crippen molar-refractivity contribution in [2.75, 3.05) is 40.9 Å². The standard InChI is InChI=1S/C21H34Cl2NO7P/c1-24(2,3)16-18(15-21(25)26)31-32(27,28)30-13-9-7-5-4-6-8-12-29-20-14-17(22)10-11-19(20)23/h10-11,14,18H,4-9,12-13,15-16H2,1-3H3,(H-,25,26,27,28)/p+1. The Morgan fingerprint density at radius 1 is 1.06 bits per heavy atom. The van der Waals surface area contributed by atoms with Gasteiger partial charge in [-0.1, -0.05) is 48.9 Å². The Labute approximate surface area is 200 Å². The molecule has 0 saturated heterocycles. The predicted octanol–water partition coefficient (Wildman–Crippen LogP) is 5.40. The van der Waals surface area contributed by atoms with Gasteiger partial charge < -0.3 is 19.2 Å². The van der Waals surface area contributed by atoms with Gasteiger partial charge in [0.2, 0.25) is 0 Å². The molecular weight excluding hydrogens is 480 g/mol. The van der Waals surface area contributed by atoms with Crippen molar-refractivity contribution in [3.8, 4) is 5.75 Å². The number of aliphatic carboxylic acids is 1.